The van der Waals surface area contributed by atoms with Gasteiger partial charge in [0.1, 0.15) is 11.6 Å². The molecule has 0 bridgehead atoms. The van der Waals surface area contributed by atoms with E-state index in [0.717, 1.165) is 0 Å². The van der Waals surface area contributed by atoms with Gasteiger partial charge in [-0.15, -0.1) is 10.2 Å². The molecule has 0 aliphatic carbocycles. The largest absolute Gasteiger partial charge is 0.497 e. The van der Waals surface area contributed by atoms with Crippen LogP contribution in [0.1, 0.15) is 5.89 Å². The van der Waals surface area contributed by atoms with Crippen LogP contribution < -0.4 is 4.74 Å². The number of nitrogens with zero attached hydrogens (tertiary/aromatic N) is 2. The molecular formula is C10H9FN2O2. The number of rotatable bonds is 2. The Morgan fingerprint density at radius 3 is 2.67 bits per heavy atom. The number of aryl methyl sites for hydroxylation is 1. The van der Waals surface area contributed by atoms with E-state index < -0.39 is 5.82 Å². The summed E-state index contributed by atoms with van der Waals surface area (Å²) < 4.78 is 23.3. The van der Waals surface area contributed by atoms with Crippen molar-refractivity contribution in [3.8, 4) is 17.2 Å². The van der Waals surface area contributed by atoms with Gasteiger partial charge in [0.15, 0.2) is 0 Å². The number of hydrogen-bond donors (Lipinski definition) is 0. The highest BCUT2D eigenvalue weighted by atomic mass is 19.1. The zero-order chi connectivity index (χ0) is 10.8. The van der Waals surface area contributed by atoms with Crippen molar-refractivity contribution >= 4 is 0 Å². The second kappa shape index (κ2) is 3.68. The van der Waals surface area contributed by atoms with Crippen LogP contribution in [0.15, 0.2) is 22.6 Å². The summed E-state index contributed by atoms with van der Waals surface area (Å²) in [6.07, 6.45) is 0. The average molecular weight is 208 g/mol. The zero-order valence-electron chi connectivity index (χ0n) is 8.32. The Hall–Kier alpha value is -1.91. The van der Waals surface area contributed by atoms with Crippen molar-refractivity contribution in [2.45, 2.75) is 6.92 Å². The van der Waals surface area contributed by atoms with Crippen LogP contribution in [0.5, 0.6) is 5.75 Å². The molecule has 5 heteroatoms. The third-order valence-corrected chi connectivity index (χ3v) is 1.88. The molecule has 0 aliphatic rings. The molecule has 0 fully saturated rings. The number of aromatic nitrogens is 2. The standard InChI is InChI=1S/C10H9FN2O2/c1-6-12-13-10(15-6)7-3-8(11)5-9(4-7)14-2/h3-5H,1-2H3. The lowest BCUT2D eigenvalue weighted by Crippen LogP contribution is -1.87. The maximum Gasteiger partial charge on any atom is 0.247 e. The Bertz CT molecular complexity index is 482. The normalized spacial score (nSPS) is 10.3. The van der Waals surface area contributed by atoms with Crippen LogP contribution in [0.4, 0.5) is 4.39 Å². The van der Waals surface area contributed by atoms with E-state index in [4.69, 9.17) is 9.15 Å². The van der Waals surface area contributed by atoms with Gasteiger partial charge >= 0.3 is 0 Å². The molecule has 1 aromatic heterocycles. The molecule has 78 valence electrons. The summed E-state index contributed by atoms with van der Waals surface area (Å²) in [6, 6.07) is 4.23. The van der Waals surface area contributed by atoms with E-state index >= 15 is 0 Å². The molecule has 0 unspecified atom stereocenters. The van der Waals surface area contributed by atoms with E-state index in [-0.39, 0.29) is 5.89 Å². The van der Waals surface area contributed by atoms with E-state index in [2.05, 4.69) is 10.2 Å². The lowest BCUT2D eigenvalue weighted by atomic mass is 10.2. The van der Waals surface area contributed by atoms with Crippen molar-refractivity contribution in [3.05, 3.63) is 29.9 Å². The highest BCUT2D eigenvalue weighted by Gasteiger charge is 2.09. The van der Waals surface area contributed by atoms with Crippen LogP contribution in [0, 0.1) is 12.7 Å². The van der Waals surface area contributed by atoms with Gasteiger partial charge < -0.3 is 9.15 Å². The molecule has 1 heterocycles. The molecule has 2 aromatic rings. The van der Waals surface area contributed by atoms with Gasteiger partial charge in [-0.05, 0) is 12.1 Å². The first kappa shape index (κ1) is 9.64. The molecule has 0 saturated carbocycles. The summed E-state index contributed by atoms with van der Waals surface area (Å²) in [5, 5.41) is 7.46. The lowest BCUT2D eigenvalue weighted by molar-refractivity contribution is 0.411. The van der Waals surface area contributed by atoms with E-state index in [9.17, 15) is 4.39 Å². The summed E-state index contributed by atoms with van der Waals surface area (Å²) in [7, 11) is 1.47. The van der Waals surface area contributed by atoms with Crippen LogP contribution in [-0.2, 0) is 0 Å². The fraction of sp³-hybridized carbons (Fsp3) is 0.200. The third-order valence-electron chi connectivity index (χ3n) is 1.88. The van der Waals surface area contributed by atoms with Crippen molar-refractivity contribution < 1.29 is 13.5 Å². The van der Waals surface area contributed by atoms with Crippen molar-refractivity contribution in [1.82, 2.24) is 10.2 Å². The first-order chi connectivity index (χ1) is 7.19. The summed E-state index contributed by atoms with van der Waals surface area (Å²) in [5.74, 6) is 0.736. The molecule has 0 N–H and O–H groups in total. The van der Waals surface area contributed by atoms with Gasteiger partial charge in [0.25, 0.3) is 0 Å². The number of methoxy groups -OCH3 is 1. The minimum absolute atomic E-state index is 0.283. The van der Waals surface area contributed by atoms with E-state index in [1.54, 1.807) is 13.0 Å². The lowest BCUT2D eigenvalue weighted by Gasteiger charge is -2.01. The average Bonchev–Trinajstić information content (AvgIpc) is 2.64. The van der Waals surface area contributed by atoms with Crippen LogP contribution >= 0.6 is 0 Å². The number of hydrogen-bond acceptors (Lipinski definition) is 4. The monoisotopic (exact) mass is 208 g/mol. The van der Waals surface area contributed by atoms with Crippen LogP contribution in [0.3, 0.4) is 0 Å². The van der Waals surface area contributed by atoms with Crippen molar-refractivity contribution in [2.24, 2.45) is 0 Å². The topological polar surface area (TPSA) is 48.2 Å². The maximum atomic E-state index is 13.1. The molecule has 0 spiro atoms. The Labute approximate surface area is 85.7 Å². The van der Waals surface area contributed by atoms with Gasteiger partial charge in [-0.3, -0.25) is 0 Å². The van der Waals surface area contributed by atoms with Crippen molar-refractivity contribution in [1.29, 1.82) is 0 Å². The van der Waals surface area contributed by atoms with Gasteiger partial charge in [-0.2, -0.15) is 0 Å². The predicted octanol–water partition coefficient (Wildman–Crippen LogP) is 2.19. The quantitative estimate of drug-likeness (QED) is 0.759. The predicted molar refractivity (Wildman–Crippen MR) is 51.0 cm³/mol. The van der Waals surface area contributed by atoms with Gasteiger partial charge in [-0.1, -0.05) is 0 Å². The molecule has 0 radical (unpaired) electrons. The second-order valence-corrected chi connectivity index (χ2v) is 3.01. The first-order valence-corrected chi connectivity index (χ1v) is 4.34. The van der Waals surface area contributed by atoms with E-state index in [1.807, 2.05) is 0 Å². The number of halogens is 1. The Kier molecular flexibility index (Phi) is 2.37. The molecule has 0 atom stereocenters. The Morgan fingerprint density at radius 1 is 1.27 bits per heavy atom. The van der Waals surface area contributed by atoms with E-state index in [0.29, 0.717) is 17.2 Å². The molecule has 0 amide bonds. The maximum absolute atomic E-state index is 13.1. The van der Waals surface area contributed by atoms with Crippen LogP contribution in [0.25, 0.3) is 11.5 Å². The fourth-order valence-corrected chi connectivity index (χ4v) is 1.22. The van der Waals surface area contributed by atoms with Crippen molar-refractivity contribution in [2.75, 3.05) is 7.11 Å². The molecule has 4 nitrogen and oxygen atoms in total. The first-order valence-electron chi connectivity index (χ1n) is 4.34. The molecule has 2 rings (SSSR count). The molecular weight excluding hydrogens is 199 g/mol. The summed E-state index contributed by atoms with van der Waals surface area (Å²) in [6.45, 7) is 1.67. The van der Waals surface area contributed by atoms with Crippen molar-refractivity contribution in [3.63, 3.8) is 0 Å². The van der Waals surface area contributed by atoms with Crippen LogP contribution in [0.2, 0.25) is 0 Å². The molecule has 0 saturated heterocycles. The minimum atomic E-state index is -0.403. The SMILES string of the molecule is COc1cc(F)cc(-c2nnc(C)o2)c1. The number of benzene rings is 1. The molecule has 15 heavy (non-hydrogen) atoms. The summed E-state index contributed by atoms with van der Waals surface area (Å²) in [4.78, 5) is 0. The Balaban J connectivity index is 2.48. The Morgan fingerprint density at radius 2 is 2.07 bits per heavy atom. The molecule has 1 aromatic carbocycles. The highest BCUT2D eigenvalue weighted by molar-refractivity contribution is 5.55. The van der Waals surface area contributed by atoms with Gasteiger partial charge in [0.05, 0.1) is 7.11 Å². The number of ether oxygens (including phenoxy) is 1. The van der Waals surface area contributed by atoms with E-state index in [1.165, 1.54) is 19.2 Å². The summed E-state index contributed by atoms with van der Waals surface area (Å²) in [5.41, 5.74) is 0.507. The highest BCUT2D eigenvalue weighted by Crippen LogP contribution is 2.24. The van der Waals surface area contributed by atoms with Gasteiger partial charge in [-0.25, -0.2) is 4.39 Å². The third kappa shape index (κ3) is 1.96. The zero-order valence-corrected chi connectivity index (χ0v) is 8.32. The summed E-state index contributed by atoms with van der Waals surface area (Å²) >= 11 is 0. The van der Waals surface area contributed by atoms with Gasteiger partial charge in [0, 0.05) is 18.6 Å². The minimum Gasteiger partial charge on any atom is -0.497 e. The van der Waals surface area contributed by atoms with Crippen LogP contribution in [-0.4, -0.2) is 17.3 Å². The second-order valence-electron chi connectivity index (χ2n) is 3.01. The van der Waals surface area contributed by atoms with Gasteiger partial charge in [0.2, 0.25) is 11.8 Å². The fourth-order valence-electron chi connectivity index (χ4n) is 1.22. The molecule has 0 aliphatic heterocycles. The smallest absolute Gasteiger partial charge is 0.247 e.